The standard InChI is InChI=1S/C10H22N4O3.BrH/c11-5-1-3-7(13)9(15)14-8(10(16)17)4-2-6-12;/h7-8H,1-6,11-13H2,(H,14,15)(H,16,17);1H/t7-,8-;/m0./s1. The van der Waals surface area contributed by atoms with Crippen LogP contribution in [0.5, 0.6) is 0 Å². The Morgan fingerprint density at radius 3 is 2.06 bits per heavy atom. The number of carbonyl (C=O) groups is 2. The van der Waals surface area contributed by atoms with Crippen molar-refractivity contribution in [3.05, 3.63) is 0 Å². The normalized spacial score (nSPS) is 13.3. The van der Waals surface area contributed by atoms with Crippen molar-refractivity contribution in [3.63, 3.8) is 0 Å². The van der Waals surface area contributed by atoms with Crippen LogP contribution in [0.1, 0.15) is 25.7 Å². The molecule has 0 unspecified atom stereocenters. The Balaban J connectivity index is 0. The highest BCUT2D eigenvalue weighted by Crippen LogP contribution is 1.99. The highest BCUT2D eigenvalue weighted by molar-refractivity contribution is 8.93. The Bertz CT molecular complexity index is 253. The number of carboxylic acid groups (broad SMARTS) is 1. The molecule has 8 heteroatoms. The van der Waals surface area contributed by atoms with Gasteiger partial charge in [0, 0.05) is 0 Å². The van der Waals surface area contributed by atoms with E-state index < -0.39 is 24.0 Å². The monoisotopic (exact) mass is 326 g/mol. The van der Waals surface area contributed by atoms with E-state index in [2.05, 4.69) is 5.32 Å². The number of carbonyl (C=O) groups excluding carboxylic acids is 1. The number of halogens is 1. The number of carboxylic acids is 1. The average molecular weight is 327 g/mol. The predicted molar refractivity (Wildman–Crippen MR) is 74.4 cm³/mol. The van der Waals surface area contributed by atoms with Crippen molar-refractivity contribution in [2.75, 3.05) is 13.1 Å². The van der Waals surface area contributed by atoms with Gasteiger partial charge in [-0.2, -0.15) is 0 Å². The van der Waals surface area contributed by atoms with Gasteiger partial charge in [-0.1, -0.05) is 0 Å². The van der Waals surface area contributed by atoms with Crippen LogP contribution in [0, 0.1) is 0 Å². The van der Waals surface area contributed by atoms with E-state index in [-0.39, 0.29) is 17.0 Å². The van der Waals surface area contributed by atoms with Crippen molar-refractivity contribution >= 4 is 28.9 Å². The van der Waals surface area contributed by atoms with Crippen LogP contribution in [-0.4, -0.2) is 42.2 Å². The van der Waals surface area contributed by atoms with Crippen molar-refractivity contribution in [2.45, 2.75) is 37.8 Å². The number of nitrogens with two attached hydrogens (primary N) is 3. The van der Waals surface area contributed by atoms with E-state index in [0.29, 0.717) is 38.8 Å². The lowest BCUT2D eigenvalue weighted by Crippen LogP contribution is -2.48. The number of aliphatic carboxylic acids is 1. The van der Waals surface area contributed by atoms with Crippen molar-refractivity contribution in [1.82, 2.24) is 5.32 Å². The molecular weight excluding hydrogens is 304 g/mol. The molecular formula is C10H23BrN4O3. The highest BCUT2D eigenvalue weighted by Gasteiger charge is 2.22. The second-order valence-corrected chi connectivity index (χ2v) is 3.87. The van der Waals surface area contributed by atoms with Gasteiger partial charge in [-0.05, 0) is 38.8 Å². The fourth-order valence-electron chi connectivity index (χ4n) is 1.33. The molecule has 7 nitrogen and oxygen atoms in total. The van der Waals surface area contributed by atoms with E-state index in [1.807, 2.05) is 0 Å². The predicted octanol–water partition coefficient (Wildman–Crippen LogP) is -1.06. The third-order valence-electron chi connectivity index (χ3n) is 2.37. The van der Waals surface area contributed by atoms with Gasteiger partial charge in [0.2, 0.25) is 5.91 Å². The summed E-state index contributed by atoms with van der Waals surface area (Å²) in [5.74, 6) is -1.53. The molecule has 18 heavy (non-hydrogen) atoms. The fourth-order valence-corrected chi connectivity index (χ4v) is 1.33. The van der Waals surface area contributed by atoms with E-state index in [1.165, 1.54) is 0 Å². The maximum absolute atomic E-state index is 11.6. The van der Waals surface area contributed by atoms with Gasteiger partial charge in [-0.25, -0.2) is 4.79 Å². The van der Waals surface area contributed by atoms with Gasteiger partial charge in [0.1, 0.15) is 6.04 Å². The zero-order valence-electron chi connectivity index (χ0n) is 10.3. The smallest absolute Gasteiger partial charge is 0.326 e. The number of hydrogen-bond donors (Lipinski definition) is 5. The summed E-state index contributed by atoms with van der Waals surface area (Å²) in [7, 11) is 0. The fraction of sp³-hybridized carbons (Fsp3) is 0.800. The van der Waals surface area contributed by atoms with Crippen LogP contribution in [0.4, 0.5) is 0 Å². The molecule has 0 aliphatic heterocycles. The first-order valence-electron chi connectivity index (χ1n) is 5.71. The third kappa shape index (κ3) is 8.40. The lowest BCUT2D eigenvalue weighted by atomic mass is 10.1. The minimum Gasteiger partial charge on any atom is -0.480 e. The van der Waals surface area contributed by atoms with Gasteiger partial charge in [-0.15, -0.1) is 17.0 Å². The number of rotatable bonds is 9. The first-order valence-corrected chi connectivity index (χ1v) is 5.71. The number of amides is 1. The molecule has 0 aliphatic rings. The van der Waals surface area contributed by atoms with Gasteiger partial charge in [0.05, 0.1) is 6.04 Å². The highest BCUT2D eigenvalue weighted by atomic mass is 79.9. The second kappa shape index (κ2) is 11.4. The molecule has 2 atom stereocenters. The van der Waals surface area contributed by atoms with E-state index in [9.17, 15) is 9.59 Å². The van der Waals surface area contributed by atoms with Crippen LogP contribution in [0.25, 0.3) is 0 Å². The summed E-state index contributed by atoms with van der Waals surface area (Å²) in [6, 6.07) is -1.63. The minimum atomic E-state index is -1.07. The maximum Gasteiger partial charge on any atom is 0.326 e. The third-order valence-corrected chi connectivity index (χ3v) is 2.37. The molecule has 0 aromatic heterocycles. The van der Waals surface area contributed by atoms with Gasteiger partial charge >= 0.3 is 5.97 Å². The quantitative estimate of drug-likeness (QED) is 0.365. The molecule has 0 saturated heterocycles. The molecule has 0 saturated carbocycles. The van der Waals surface area contributed by atoms with Crippen LogP contribution in [-0.2, 0) is 9.59 Å². The van der Waals surface area contributed by atoms with Crippen LogP contribution in [0.15, 0.2) is 0 Å². The zero-order valence-corrected chi connectivity index (χ0v) is 12.0. The summed E-state index contributed by atoms with van der Waals surface area (Å²) < 4.78 is 0. The minimum absolute atomic E-state index is 0. The second-order valence-electron chi connectivity index (χ2n) is 3.87. The molecule has 0 aromatic carbocycles. The molecule has 0 aromatic rings. The van der Waals surface area contributed by atoms with E-state index in [1.54, 1.807) is 0 Å². The summed E-state index contributed by atoms with van der Waals surface area (Å²) in [6.07, 6.45) is 1.93. The molecule has 0 bridgehead atoms. The summed E-state index contributed by atoms with van der Waals surface area (Å²) in [4.78, 5) is 22.4. The Labute approximate surface area is 117 Å². The van der Waals surface area contributed by atoms with Crippen LogP contribution in [0.2, 0.25) is 0 Å². The maximum atomic E-state index is 11.6. The van der Waals surface area contributed by atoms with Crippen LogP contribution in [0.3, 0.4) is 0 Å². The zero-order chi connectivity index (χ0) is 13.3. The Morgan fingerprint density at radius 2 is 1.61 bits per heavy atom. The van der Waals surface area contributed by atoms with Crippen molar-refractivity contribution < 1.29 is 14.7 Å². The molecule has 108 valence electrons. The lowest BCUT2D eigenvalue weighted by Gasteiger charge is -2.17. The number of hydrogen-bond acceptors (Lipinski definition) is 5. The first-order chi connectivity index (χ1) is 8.02. The Morgan fingerprint density at radius 1 is 1.11 bits per heavy atom. The summed E-state index contributed by atoms with van der Waals surface area (Å²) in [6.45, 7) is 0.843. The van der Waals surface area contributed by atoms with Crippen LogP contribution < -0.4 is 22.5 Å². The summed E-state index contributed by atoms with van der Waals surface area (Å²) in [5, 5.41) is 11.3. The summed E-state index contributed by atoms with van der Waals surface area (Å²) in [5.41, 5.74) is 16.2. The molecule has 0 spiro atoms. The Hall–Kier alpha value is -0.700. The molecule has 0 rings (SSSR count). The molecule has 0 aliphatic carbocycles. The molecule has 0 fully saturated rings. The largest absolute Gasteiger partial charge is 0.480 e. The van der Waals surface area contributed by atoms with Crippen molar-refractivity contribution in [2.24, 2.45) is 17.2 Å². The topological polar surface area (TPSA) is 144 Å². The molecule has 0 heterocycles. The van der Waals surface area contributed by atoms with Gasteiger partial charge in [0.25, 0.3) is 0 Å². The van der Waals surface area contributed by atoms with Crippen molar-refractivity contribution in [3.8, 4) is 0 Å². The molecule has 8 N–H and O–H groups in total. The Kier molecular flexibility index (Phi) is 12.4. The number of nitrogens with one attached hydrogen (secondary N) is 1. The average Bonchev–Trinajstić information content (AvgIpc) is 2.30. The van der Waals surface area contributed by atoms with Gasteiger partial charge < -0.3 is 27.6 Å². The molecule has 1 amide bonds. The van der Waals surface area contributed by atoms with Gasteiger partial charge in [0.15, 0.2) is 0 Å². The summed E-state index contributed by atoms with van der Waals surface area (Å²) >= 11 is 0. The van der Waals surface area contributed by atoms with Crippen LogP contribution >= 0.6 is 17.0 Å². The van der Waals surface area contributed by atoms with E-state index in [0.717, 1.165) is 0 Å². The first kappa shape index (κ1) is 19.6. The van der Waals surface area contributed by atoms with Crippen molar-refractivity contribution in [1.29, 1.82) is 0 Å². The lowest BCUT2D eigenvalue weighted by molar-refractivity contribution is -0.142. The van der Waals surface area contributed by atoms with E-state index in [4.69, 9.17) is 22.3 Å². The molecule has 0 radical (unpaired) electrons. The van der Waals surface area contributed by atoms with Gasteiger partial charge in [-0.3, -0.25) is 4.79 Å². The van der Waals surface area contributed by atoms with E-state index >= 15 is 0 Å². The SMILES string of the molecule is Br.NCCC[C@H](NC(=O)[C@@H](N)CCCN)C(=O)O.